The summed E-state index contributed by atoms with van der Waals surface area (Å²) in [5.74, 6) is -0.916. The van der Waals surface area contributed by atoms with Crippen molar-refractivity contribution in [3.63, 3.8) is 0 Å². The number of rotatable bonds is 5. The van der Waals surface area contributed by atoms with Crippen molar-refractivity contribution >= 4 is 27.6 Å². The molecule has 0 aliphatic heterocycles. The van der Waals surface area contributed by atoms with Crippen molar-refractivity contribution in [1.29, 1.82) is 0 Å². The Morgan fingerprint density at radius 2 is 2.31 bits per heavy atom. The maximum absolute atomic E-state index is 10.7. The van der Waals surface area contributed by atoms with Crippen molar-refractivity contribution in [1.82, 2.24) is 0 Å². The molecule has 4 heteroatoms. The quantitative estimate of drug-likeness (QED) is 0.642. The Labute approximate surface area is 103 Å². The number of hydrogen-bond donors (Lipinski definition) is 2. The second kappa shape index (κ2) is 6.33. The number of carboxylic acids is 1. The van der Waals surface area contributed by atoms with E-state index in [9.17, 15) is 4.79 Å². The summed E-state index contributed by atoms with van der Waals surface area (Å²) in [7, 11) is 0. The number of nitrogens with one attached hydrogen (secondary N) is 1. The molecule has 2 N–H and O–H groups in total. The summed E-state index contributed by atoms with van der Waals surface area (Å²) in [5, 5.41) is 12.0. The Morgan fingerprint density at radius 1 is 1.56 bits per heavy atom. The molecule has 0 aromatic heterocycles. The third kappa shape index (κ3) is 3.70. The third-order valence-corrected chi connectivity index (χ3v) is 2.73. The Morgan fingerprint density at radius 3 is 2.88 bits per heavy atom. The van der Waals surface area contributed by atoms with E-state index in [-0.39, 0.29) is 5.56 Å². The lowest BCUT2D eigenvalue weighted by Crippen LogP contribution is -2.02. The first-order valence-electron chi connectivity index (χ1n) is 5.03. The van der Waals surface area contributed by atoms with Crippen LogP contribution < -0.4 is 5.32 Å². The van der Waals surface area contributed by atoms with E-state index in [0.29, 0.717) is 0 Å². The molecular weight excluding hydrogens is 270 g/mol. The van der Waals surface area contributed by atoms with E-state index in [2.05, 4.69) is 27.3 Å². The minimum atomic E-state index is -0.916. The summed E-state index contributed by atoms with van der Waals surface area (Å²) in [6.45, 7) is 2.81. The Hall–Kier alpha value is -1.29. The van der Waals surface area contributed by atoms with Gasteiger partial charge in [0, 0.05) is 16.7 Å². The van der Waals surface area contributed by atoms with Gasteiger partial charge in [-0.05, 0) is 47.5 Å². The molecule has 1 rings (SSSR count). The minimum Gasteiger partial charge on any atom is -0.478 e. The van der Waals surface area contributed by atoms with Gasteiger partial charge in [-0.1, -0.05) is 12.2 Å². The van der Waals surface area contributed by atoms with Crippen LogP contribution in [0.25, 0.3) is 0 Å². The Kier molecular flexibility index (Phi) is 5.05. The van der Waals surface area contributed by atoms with Gasteiger partial charge in [-0.15, -0.1) is 0 Å². The zero-order chi connectivity index (χ0) is 12.0. The Balaban J connectivity index is 2.64. The molecule has 0 radical (unpaired) electrons. The van der Waals surface area contributed by atoms with E-state index in [1.807, 2.05) is 13.0 Å². The number of carboxylic acid groups (broad SMARTS) is 1. The van der Waals surface area contributed by atoms with Crippen molar-refractivity contribution < 1.29 is 9.90 Å². The summed E-state index contributed by atoms with van der Waals surface area (Å²) >= 11 is 3.34. The molecule has 0 heterocycles. The maximum atomic E-state index is 10.7. The largest absolute Gasteiger partial charge is 0.478 e. The van der Waals surface area contributed by atoms with Gasteiger partial charge in [-0.25, -0.2) is 4.79 Å². The van der Waals surface area contributed by atoms with Crippen LogP contribution in [-0.2, 0) is 0 Å². The second-order valence-corrected chi connectivity index (χ2v) is 4.14. The maximum Gasteiger partial charge on any atom is 0.335 e. The lowest BCUT2D eigenvalue weighted by molar-refractivity contribution is 0.0697. The predicted octanol–water partition coefficient (Wildman–Crippen LogP) is 3.53. The van der Waals surface area contributed by atoms with Crippen LogP contribution in [0.15, 0.2) is 34.8 Å². The van der Waals surface area contributed by atoms with E-state index >= 15 is 0 Å². The fourth-order valence-electron chi connectivity index (χ4n) is 1.25. The normalized spacial score (nSPS) is 10.6. The smallest absolute Gasteiger partial charge is 0.335 e. The van der Waals surface area contributed by atoms with Crippen molar-refractivity contribution in [2.75, 3.05) is 11.9 Å². The van der Waals surface area contributed by atoms with Gasteiger partial charge in [0.2, 0.25) is 0 Å². The number of hydrogen-bond acceptors (Lipinski definition) is 2. The number of carbonyl (C=O) groups is 1. The monoisotopic (exact) mass is 283 g/mol. The lowest BCUT2D eigenvalue weighted by atomic mass is 10.2. The molecule has 0 bridgehead atoms. The second-order valence-electron chi connectivity index (χ2n) is 3.28. The van der Waals surface area contributed by atoms with Gasteiger partial charge in [0.25, 0.3) is 0 Å². The summed E-state index contributed by atoms with van der Waals surface area (Å²) in [6.07, 6.45) is 5.03. The highest BCUT2D eigenvalue weighted by Crippen LogP contribution is 2.23. The lowest BCUT2D eigenvalue weighted by Gasteiger charge is -2.07. The molecule has 1 aromatic carbocycles. The zero-order valence-electron chi connectivity index (χ0n) is 9.03. The van der Waals surface area contributed by atoms with Gasteiger partial charge >= 0.3 is 5.97 Å². The van der Waals surface area contributed by atoms with Crippen LogP contribution in [0.4, 0.5) is 5.69 Å². The van der Waals surface area contributed by atoms with Gasteiger partial charge < -0.3 is 10.4 Å². The first kappa shape index (κ1) is 12.8. The van der Waals surface area contributed by atoms with E-state index in [0.717, 1.165) is 23.1 Å². The number of aromatic carboxylic acids is 1. The standard InChI is InChI=1S/C12H14BrNO2/c1-2-3-4-7-14-11-6-5-9(12(15)16)8-10(11)13/h2-3,5-6,8,14H,4,7H2,1H3,(H,15,16)/b3-2+. The summed E-state index contributed by atoms with van der Waals surface area (Å²) < 4.78 is 0.771. The number of benzene rings is 1. The molecule has 1 aromatic rings. The molecule has 0 amide bonds. The fourth-order valence-corrected chi connectivity index (χ4v) is 1.77. The topological polar surface area (TPSA) is 49.3 Å². The van der Waals surface area contributed by atoms with E-state index in [1.165, 1.54) is 0 Å². The van der Waals surface area contributed by atoms with Crippen LogP contribution in [0.1, 0.15) is 23.7 Å². The molecule has 0 aliphatic rings. The van der Waals surface area contributed by atoms with E-state index in [1.54, 1.807) is 18.2 Å². The number of halogens is 1. The SMILES string of the molecule is C/C=C/CCNc1ccc(C(=O)O)cc1Br. The van der Waals surface area contributed by atoms with Crippen LogP contribution >= 0.6 is 15.9 Å². The van der Waals surface area contributed by atoms with Gasteiger partial charge in [0.05, 0.1) is 5.56 Å². The Bertz CT molecular complexity index is 402. The van der Waals surface area contributed by atoms with Gasteiger partial charge in [0.1, 0.15) is 0 Å². The molecule has 0 aliphatic carbocycles. The van der Waals surface area contributed by atoms with E-state index in [4.69, 9.17) is 5.11 Å². The van der Waals surface area contributed by atoms with Crippen molar-refractivity contribution in [2.24, 2.45) is 0 Å². The van der Waals surface area contributed by atoms with Crippen molar-refractivity contribution in [3.8, 4) is 0 Å². The van der Waals surface area contributed by atoms with Crippen LogP contribution in [0, 0.1) is 0 Å². The fraction of sp³-hybridized carbons (Fsp3) is 0.250. The number of allylic oxidation sites excluding steroid dienone is 1. The average Bonchev–Trinajstić information content (AvgIpc) is 2.26. The molecule has 86 valence electrons. The van der Waals surface area contributed by atoms with E-state index < -0.39 is 5.97 Å². The van der Waals surface area contributed by atoms with Crippen LogP contribution in [0.2, 0.25) is 0 Å². The molecule has 0 unspecified atom stereocenters. The van der Waals surface area contributed by atoms with Gasteiger partial charge in [0.15, 0.2) is 0 Å². The highest BCUT2D eigenvalue weighted by Gasteiger charge is 2.05. The van der Waals surface area contributed by atoms with Gasteiger partial charge in [-0.2, -0.15) is 0 Å². The third-order valence-electron chi connectivity index (χ3n) is 2.08. The number of anilines is 1. The van der Waals surface area contributed by atoms with Crippen molar-refractivity contribution in [2.45, 2.75) is 13.3 Å². The highest BCUT2D eigenvalue weighted by molar-refractivity contribution is 9.10. The molecule has 0 fully saturated rings. The molecule has 0 atom stereocenters. The molecule has 0 saturated carbocycles. The van der Waals surface area contributed by atoms with Crippen LogP contribution in [-0.4, -0.2) is 17.6 Å². The minimum absolute atomic E-state index is 0.283. The average molecular weight is 284 g/mol. The first-order valence-corrected chi connectivity index (χ1v) is 5.82. The molecule has 3 nitrogen and oxygen atoms in total. The predicted molar refractivity (Wildman–Crippen MR) is 69.0 cm³/mol. The summed E-state index contributed by atoms with van der Waals surface area (Å²) in [6, 6.07) is 4.95. The summed E-state index contributed by atoms with van der Waals surface area (Å²) in [5.41, 5.74) is 1.19. The highest BCUT2D eigenvalue weighted by atomic mass is 79.9. The van der Waals surface area contributed by atoms with Crippen LogP contribution in [0.5, 0.6) is 0 Å². The zero-order valence-corrected chi connectivity index (χ0v) is 10.6. The van der Waals surface area contributed by atoms with Gasteiger partial charge in [-0.3, -0.25) is 0 Å². The molecule has 16 heavy (non-hydrogen) atoms. The molecular formula is C12H14BrNO2. The van der Waals surface area contributed by atoms with Crippen molar-refractivity contribution in [3.05, 3.63) is 40.4 Å². The first-order chi connectivity index (χ1) is 7.65. The van der Waals surface area contributed by atoms with Crippen LogP contribution in [0.3, 0.4) is 0 Å². The molecule has 0 spiro atoms. The summed E-state index contributed by atoms with van der Waals surface area (Å²) in [4.78, 5) is 10.7. The molecule has 0 saturated heterocycles.